The average molecular weight is 318 g/mol. The highest BCUT2D eigenvalue weighted by atomic mass is 16.2. The highest BCUT2D eigenvalue weighted by Gasteiger charge is 2.21. The van der Waals surface area contributed by atoms with E-state index in [0.717, 1.165) is 19.5 Å². The SMILES string of the molecule is CCC(C)NC(=O)NCC(=O)N1CCN(c2ccccc2)CC1. The van der Waals surface area contributed by atoms with E-state index < -0.39 is 0 Å². The third-order valence-electron chi connectivity index (χ3n) is 4.14. The summed E-state index contributed by atoms with van der Waals surface area (Å²) in [6.45, 7) is 6.98. The van der Waals surface area contributed by atoms with Crippen molar-refractivity contribution in [2.45, 2.75) is 26.3 Å². The van der Waals surface area contributed by atoms with Gasteiger partial charge in [0.25, 0.3) is 0 Å². The monoisotopic (exact) mass is 318 g/mol. The molecule has 1 aliphatic rings. The summed E-state index contributed by atoms with van der Waals surface area (Å²) in [4.78, 5) is 27.9. The van der Waals surface area contributed by atoms with Crippen molar-refractivity contribution in [1.29, 1.82) is 0 Å². The molecule has 1 fully saturated rings. The smallest absolute Gasteiger partial charge is 0.315 e. The summed E-state index contributed by atoms with van der Waals surface area (Å²) in [6.07, 6.45) is 0.864. The summed E-state index contributed by atoms with van der Waals surface area (Å²) in [5.74, 6) is -0.0305. The number of amides is 3. The Bertz CT molecular complexity index is 513. The molecule has 1 heterocycles. The fourth-order valence-electron chi connectivity index (χ4n) is 2.50. The average Bonchev–Trinajstić information content (AvgIpc) is 2.60. The number of hydrogen-bond acceptors (Lipinski definition) is 3. The van der Waals surface area contributed by atoms with E-state index in [9.17, 15) is 9.59 Å². The van der Waals surface area contributed by atoms with E-state index in [4.69, 9.17) is 0 Å². The second kappa shape index (κ2) is 8.41. The number of piperazine rings is 1. The lowest BCUT2D eigenvalue weighted by Gasteiger charge is -2.36. The Morgan fingerprint density at radius 2 is 1.78 bits per heavy atom. The minimum absolute atomic E-state index is 0.0305. The second-order valence-electron chi connectivity index (χ2n) is 5.84. The molecule has 6 heteroatoms. The third-order valence-corrected chi connectivity index (χ3v) is 4.14. The fraction of sp³-hybridized carbons (Fsp3) is 0.529. The van der Waals surface area contributed by atoms with Gasteiger partial charge in [0.05, 0.1) is 6.54 Å². The molecule has 6 nitrogen and oxygen atoms in total. The molecular formula is C17H26N4O2. The van der Waals surface area contributed by atoms with Crippen LogP contribution in [-0.4, -0.2) is 55.6 Å². The van der Waals surface area contributed by atoms with Crippen LogP contribution in [0.1, 0.15) is 20.3 Å². The highest BCUT2D eigenvalue weighted by molar-refractivity contribution is 5.84. The summed E-state index contributed by atoms with van der Waals surface area (Å²) < 4.78 is 0. The first-order chi connectivity index (χ1) is 11.1. The molecule has 1 saturated heterocycles. The molecule has 1 atom stereocenters. The Morgan fingerprint density at radius 3 is 2.39 bits per heavy atom. The van der Waals surface area contributed by atoms with Crippen LogP contribution in [0.2, 0.25) is 0 Å². The Labute approximate surface area is 137 Å². The Morgan fingerprint density at radius 1 is 1.13 bits per heavy atom. The maximum atomic E-state index is 12.2. The molecule has 1 aromatic rings. The number of urea groups is 1. The molecule has 0 saturated carbocycles. The number of nitrogens with one attached hydrogen (secondary N) is 2. The van der Waals surface area contributed by atoms with Gasteiger partial charge in [0.1, 0.15) is 0 Å². The summed E-state index contributed by atoms with van der Waals surface area (Å²) in [5.41, 5.74) is 1.19. The van der Waals surface area contributed by atoms with Crippen molar-refractivity contribution in [2.24, 2.45) is 0 Å². The number of benzene rings is 1. The Balaban J connectivity index is 1.72. The first kappa shape index (κ1) is 17.1. The van der Waals surface area contributed by atoms with Crippen LogP contribution in [0.4, 0.5) is 10.5 Å². The van der Waals surface area contributed by atoms with Crippen LogP contribution in [0.25, 0.3) is 0 Å². The molecule has 1 unspecified atom stereocenters. The molecule has 0 radical (unpaired) electrons. The number of para-hydroxylation sites is 1. The standard InChI is InChI=1S/C17H26N4O2/c1-3-14(2)19-17(23)18-13-16(22)21-11-9-20(10-12-21)15-7-5-4-6-8-15/h4-8,14H,3,9-13H2,1-2H3,(H2,18,19,23). The summed E-state index contributed by atoms with van der Waals surface area (Å²) in [7, 11) is 0. The second-order valence-corrected chi connectivity index (χ2v) is 5.84. The van der Waals surface area contributed by atoms with Crippen molar-refractivity contribution >= 4 is 17.6 Å². The number of anilines is 1. The van der Waals surface area contributed by atoms with Crippen LogP contribution >= 0.6 is 0 Å². The number of carbonyl (C=O) groups excluding carboxylic acids is 2. The van der Waals surface area contributed by atoms with Gasteiger partial charge in [-0.2, -0.15) is 0 Å². The molecular weight excluding hydrogens is 292 g/mol. The topological polar surface area (TPSA) is 64.7 Å². The van der Waals surface area contributed by atoms with Gasteiger partial charge in [0, 0.05) is 37.9 Å². The maximum absolute atomic E-state index is 12.2. The van der Waals surface area contributed by atoms with E-state index in [1.807, 2.05) is 36.9 Å². The number of nitrogens with zero attached hydrogens (tertiary/aromatic N) is 2. The van der Waals surface area contributed by atoms with Crippen LogP contribution in [0.15, 0.2) is 30.3 Å². The van der Waals surface area contributed by atoms with Gasteiger partial charge in [0.2, 0.25) is 5.91 Å². The molecule has 0 aliphatic carbocycles. The molecule has 1 aromatic carbocycles. The van der Waals surface area contributed by atoms with Gasteiger partial charge < -0.3 is 20.4 Å². The maximum Gasteiger partial charge on any atom is 0.315 e. The van der Waals surface area contributed by atoms with Gasteiger partial charge in [0.15, 0.2) is 0 Å². The zero-order valence-electron chi connectivity index (χ0n) is 13.9. The van der Waals surface area contributed by atoms with Crippen LogP contribution < -0.4 is 15.5 Å². The van der Waals surface area contributed by atoms with E-state index in [1.54, 1.807) is 0 Å². The highest BCUT2D eigenvalue weighted by Crippen LogP contribution is 2.15. The van der Waals surface area contributed by atoms with Gasteiger partial charge in [-0.25, -0.2) is 4.79 Å². The van der Waals surface area contributed by atoms with Gasteiger partial charge in [-0.15, -0.1) is 0 Å². The zero-order valence-corrected chi connectivity index (χ0v) is 13.9. The minimum atomic E-state index is -0.282. The van der Waals surface area contributed by atoms with Gasteiger partial charge in [-0.05, 0) is 25.5 Å². The molecule has 23 heavy (non-hydrogen) atoms. The van der Waals surface area contributed by atoms with E-state index in [0.29, 0.717) is 13.1 Å². The van der Waals surface area contributed by atoms with E-state index in [-0.39, 0.29) is 24.5 Å². The Hall–Kier alpha value is -2.24. The molecule has 3 amide bonds. The van der Waals surface area contributed by atoms with Crippen molar-refractivity contribution in [1.82, 2.24) is 15.5 Å². The van der Waals surface area contributed by atoms with Crippen molar-refractivity contribution in [3.63, 3.8) is 0 Å². The molecule has 0 bridgehead atoms. The molecule has 0 spiro atoms. The molecule has 126 valence electrons. The predicted molar refractivity (Wildman–Crippen MR) is 91.5 cm³/mol. The summed E-state index contributed by atoms with van der Waals surface area (Å²) in [5, 5.41) is 5.42. The molecule has 1 aliphatic heterocycles. The van der Waals surface area contributed by atoms with E-state index in [1.165, 1.54) is 5.69 Å². The number of carbonyl (C=O) groups is 2. The normalized spacial score (nSPS) is 15.9. The van der Waals surface area contributed by atoms with Crippen LogP contribution in [0, 0.1) is 0 Å². The van der Waals surface area contributed by atoms with E-state index in [2.05, 4.69) is 27.7 Å². The van der Waals surface area contributed by atoms with Crippen molar-refractivity contribution < 1.29 is 9.59 Å². The van der Waals surface area contributed by atoms with Crippen molar-refractivity contribution in [2.75, 3.05) is 37.6 Å². The zero-order chi connectivity index (χ0) is 16.7. The minimum Gasteiger partial charge on any atom is -0.368 e. The summed E-state index contributed by atoms with van der Waals surface area (Å²) >= 11 is 0. The lowest BCUT2D eigenvalue weighted by Crippen LogP contribution is -2.52. The predicted octanol–water partition coefficient (Wildman–Crippen LogP) is 1.43. The fourth-order valence-corrected chi connectivity index (χ4v) is 2.50. The van der Waals surface area contributed by atoms with Crippen LogP contribution in [0.5, 0.6) is 0 Å². The van der Waals surface area contributed by atoms with Gasteiger partial charge in [-0.1, -0.05) is 25.1 Å². The first-order valence-corrected chi connectivity index (χ1v) is 8.22. The van der Waals surface area contributed by atoms with Gasteiger partial charge in [-0.3, -0.25) is 4.79 Å². The van der Waals surface area contributed by atoms with Crippen molar-refractivity contribution in [3.05, 3.63) is 30.3 Å². The largest absolute Gasteiger partial charge is 0.368 e. The Kier molecular flexibility index (Phi) is 6.26. The lowest BCUT2D eigenvalue weighted by molar-refractivity contribution is -0.130. The molecule has 2 rings (SSSR count). The van der Waals surface area contributed by atoms with E-state index >= 15 is 0 Å². The lowest BCUT2D eigenvalue weighted by atomic mass is 10.2. The quantitative estimate of drug-likeness (QED) is 0.863. The van der Waals surface area contributed by atoms with Crippen LogP contribution in [0.3, 0.4) is 0 Å². The number of hydrogen-bond donors (Lipinski definition) is 2. The summed E-state index contributed by atoms with van der Waals surface area (Å²) in [6, 6.07) is 10.0. The molecule has 0 aromatic heterocycles. The first-order valence-electron chi connectivity index (χ1n) is 8.22. The molecule has 2 N–H and O–H groups in total. The van der Waals surface area contributed by atoms with Gasteiger partial charge >= 0.3 is 6.03 Å². The van der Waals surface area contributed by atoms with Crippen molar-refractivity contribution in [3.8, 4) is 0 Å². The third kappa shape index (κ3) is 5.16. The number of rotatable bonds is 5. The van der Waals surface area contributed by atoms with Crippen LogP contribution in [-0.2, 0) is 4.79 Å².